The Morgan fingerprint density at radius 3 is 2.91 bits per heavy atom. The molecule has 1 aromatic carbocycles. The minimum absolute atomic E-state index is 0.000709. The number of carbonyl (C=O) groups excluding carboxylic acids is 1. The molecule has 2 atom stereocenters. The molecule has 1 aliphatic rings. The molecule has 22 heavy (non-hydrogen) atoms. The van der Waals surface area contributed by atoms with Crippen molar-refractivity contribution in [2.45, 2.75) is 38.3 Å². The van der Waals surface area contributed by atoms with Gasteiger partial charge in [-0.05, 0) is 31.9 Å². The first-order valence-corrected chi connectivity index (χ1v) is 7.44. The van der Waals surface area contributed by atoms with Crippen molar-refractivity contribution < 1.29 is 14.5 Å². The van der Waals surface area contributed by atoms with Crippen molar-refractivity contribution >= 4 is 11.6 Å². The number of ether oxygens (including phenoxy) is 1. The Morgan fingerprint density at radius 2 is 2.36 bits per heavy atom. The average molecular weight is 307 g/mol. The lowest BCUT2D eigenvalue weighted by atomic mass is 10.0. The fourth-order valence-electron chi connectivity index (χ4n) is 2.85. The lowest BCUT2D eigenvalue weighted by molar-refractivity contribution is -0.385. The summed E-state index contributed by atoms with van der Waals surface area (Å²) >= 11 is 0. The second kappa shape index (κ2) is 7.22. The van der Waals surface area contributed by atoms with E-state index in [2.05, 4.69) is 10.6 Å². The number of nitrogens with one attached hydrogen (secondary N) is 2. The van der Waals surface area contributed by atoms with Crippen LogP contribution in [0.2, 0.25) is 0 Å². The lowest BCUT2D eigenvalue weighted by Gasteiger charge is -2.24. The highest BCUT2D eigenvalue weighted by molar-refractivity contribution is 5.98. The van der Waals surface area contributed by atoms with Gasteiger partial charge in [-0.1, -0.05) is 13.0 Å². The quantitative estimate of drug-likeness (QED) is 0.618. The first-order chi connectivity index (χ1) is 10.6. The van der Waals surface area contributed by atoms with Crippen LogP contribution in [-0.2, 0) is 0 Å². The fraction of sp³-hybridized carbons (Fsp3) is 0.533. The van der Waals surface area contributed by atoms with Gasteiger partial charge in [-0.15, -0.1) is 0 Å². The number of para-hydroxylation sites is 1. The van der Waals surface area contributed by atoms with Crippen LogP contribution in [0.5, 0.6) is 5.75 Å². The fourth-order valence-corrected chi connectivity index (χ4v) is 2.85. The second-order valence-electron chi connectivity index (χ2n) is 5.31. The van der Waals surface area contributed by atoms with Crippen molar-refractivity contribution in [1.82, 2.24) is 10.6 Å². The zero-order chi connectivity index (χ0) is 16.1. The van der Waals surface area contributed by atoms with Crippen LogP contribution in [0.3, 0.4) is 0 Å². The van der Waals surface area contributed by atoms with Gasteiger partial charge in [-0.2, -0.15) is 0 Å². The van der Waals surface area contributed by atoms with Gasteiger partial charge >= 0.3 is 5.69 Å². The zero-order valence-electron chi connectivity index (χ0n) is 12.8. The molecule has 7 heteroatoms. The van der Waals surface area contributed by atoms with Gasteiger partial charge in [-0.3, -0.25) is 14.9 Å². The number of methoxy groups -OCH3 is 1. The van der Waals surface area contributed by atoms with Crippen LogP contribution in [0, 0.1) is 10.1 Å². The summed E-state index contributed by atoms with van der Waals surface area (Å²) in [6.45, 7) is 2.97. The Bertz CT molecular complexity index is 556. The summed E-state index contributed by atoms with van der Waals surface area (Å²) in [6, 6.07) is 4.60. The second-order valence-corrected chi connectivity index (χ2v) is 5.31. The zero-order valence-corrected chi connectivity index (χ0v) is 12.8. The summed E-state index contributed by atoms with van der Waals surface area (Å²) in [4.78, 5) is 23.0. The molecule has 0 saturated carbocycles. The van der Waals surface area contributed by atoms with Gasteiger partial charge in [0.2, 0.25) is 5.75 Å². The smallest absolute Gasteiger partial charge is 0.311 e. The van der Waals surface area contributed by atoms with Gasteiger partial charge in [0.05, 0.1) is 17.6 Å². The highest BCUT2D eigenvalue weighted by atomic mass is 16.6. The molecule has 7 nitrogen and oxygen atoms in total. The summed E-state index contributed by atoms with van der Waals surface area (Å²) in [5.41, 5.74) is -0.0182. The molecule has 1 fully saturated rings. The largest absolute Gasteiger partial charge is 0.490 e. The topological polar surface area (TPSA) is 93.5 Å². The van der Waals surface area contributed by atoms with E-state index in [1.54, 1.807) is 0 Å². The van der Waals surface area contributed by atoms with Crippen molar-refractivity contribution in [3.8, 4) is 5.75 Å². The molecule has 120 valence electrons. The molecule has 1 aliphatic heterocycles. The molecule has 0 spiro atoms. The SMILES string of the molecule is CCC(NC(=O)c1cccc([N+](=O)[O-])c1OC)C1CCCN1. The average Bonchev–Trinajstić information content (AvgIpc) is 3.05. The number of nitro groups is 1. The van der Waals surface area contributed by atoms with Crippen LogP contribution in [0.15, 0.2) is 18.2 Å². The van der Waals surface area contributed by atoms with E-state index in [1.165, 1.54) is 25.3 Å². The summed E-state index contributed by atoms with van der Waals surface area (Å²) in [5.74, 6) is -0.347. The summed E-state index contributed by atoms with van der Waals surface area (Å²) in [5, 5.41) is 17.4. The number of nitro benzene ring substituents is 1. The van der Waals surface area contributed by atoms with Gasteiger partial charge in [0, 0.05) is 18.2 Å². The maximum Gasteiger partial charge on any atom is 0.311 e. The minimum Gasteiger partial charge on any atom is -0.490 e. The van der Waals surface area contributed by atoms with Crippen LogP contribution in [0.25, 0.3) is 0 Å². The molecule has 1 saturated heterocycles. The predicted octanol–water partition coefficient (Wildman–Crippen LogP) is 1.86. The number of hydrogen-bond acceptors (Lipinski definition) is 5. The summed E-state index contributed by atoms with van der Waals surface area (Å²) < 4.78 is 5.08. The molecule has 0 radical (unpaired) electrons. The van der Waals surface area contributed by atoms with E-state index in [1.807, 2.05) is 6.92 Å². The summed E-state index contributed by atoms with van der Waals surface area (Å²) in [6.07, 6.45) is 2.91. The van der Waals surface area contributed by atoms with E-state index in [0.29, 0.717) is 0 Å². The van der Waals surface area contributed by atoms with E-state index < -0.39 is 4.92 Å². The third-order valence-electron chi connectivity index (χ3n) is 3.98. The molecule has 1 heterocycles. The molecule has 2 rings (SSSR count). The number of nitrogens with zero attached hydrogens (tertiary/aromatic N) is 1. The Kier molecular flexibility index (Phi) is 5.32. The molecule has 0 aromatic heterocycles. The third-order valence-corrected chi connectivity index (χ3v) is 3.98. The first-order valence-electron chi connectivity index (χ1n) is 7.44. The Morgan fingerprint density at radius 1 is 1.59 bits per heavy atom. The monoisotopic (exact) mass is 307 g/mol. The van der Waals surface area contributed by atoms with Crippen LogP contribution >= 0.6 is 0 Å². The Balaban J connectivity index is 2.21. The van der Waals surface area contributed by atoms with E-state index in [9.17, 15) is 14.9 Å². The number of carbonyl (C=O) groups is 1. The molecule has 1 amide bonds. The number of rotatable bonds is 6. The van der Waals surface area contributed by atoms with Crippen molar-refractivity contribution in [3.05, 3.63) is 33.9 Å². The van der Waals surface area contributed by atoms with Crippen LogP contribution in [0.1, 0.15) is 36.5 Å². The van der Waals surface area contributed by atoms with Gasteiger partial charge in [-0.25, -0.2) is 0 Å². The highest BCUT2D eigenvalue weighted by Gasteiger charge is 2.27. The summed E-state index contributed by atoms with van der Waals surface area (Å²) in [7, 11) is 1.33. The molecule has 2 N–H and O–H groups in total. The van der Waals surface area contributed by atoms with Crippen molar-refractivity contribution in [1.29, 1.82) is 0 Å². The van der Waals surface area contributed by atoms with Crippen molar-refractivity contribution in [2.75, 3.05) is 13.7 Å². The van der Waals surface area contributed by atoms with Gasteiger partial charge in [0.1, 0.15) is 0 Å². The third kappa shape index (κ3) is 3.36. The van der Waals surface area contributed by atoms with Crippen LogP contribution in [-0.4, -0.2) is 36.6 Å². The van der Waals surface area contributed by atoms with Crippen molar-refractivity contribution in [2.24, 2.45) is 0 Å². The Hall–Kier alpha value is -2.15. The molecule has 0 bridgehead atoms. The van der Waals surface area contributed by atoms with E-state index in [4.69, 9.17) is 4.74 Å². The molecule has 2 unspecified atom stereocenters. The number of benzene rings is 1. The Labute approximate surface area is 129 Å². The van der Waals surface area contributed by atoms with Crippen LogP contribution in [0.4, 0.5) is 5.69 Å². The molecular formula is C15H21N3O4. The molecular weight excluding hydrogens is 286 g/mol. The van der Waals surface area contributed by atoms with Gasteiger partial charge < -0.3 is 15.4 Å². The minimum atomic E-state index is -0.550. The normalized spacial score (nSPS) is 18.7. The lowest BCUT2D eigenvalue weighted by Crippen LogP contribution is -2.47. The first kappa shape index (κ1) is 16.2. The van der Waals surface area contributed by atoms with Crippen LogP contribution < -0.4 is 15.4 Å². The molecule has 1 aromatic rings. The standard InChI is InChI=1S/C15H21N3O4/c1-3-11(12-7-5-9-16-12)17-15(19)10-6-4-8-13(18(20)21)14(10)22-2/h4,6,8,11-12,16H,3,5,7,9H2,1-2H3,(H,17,19). The molecule has 0 aliphatic carbocycles. The maximum absolute atomic E-state index is 12.5. The van der Waals surface area contributed by atoms with E-state index >= 15 is 0 Å². The van der Waals surface area contributed by atoms with Gasteiger partial charge in [0.15, 0.2) is 0 Å². The highest BCUT2D eigenvalue weighted by Crippen LogP contribution is 2.30. The van der Waals surface area contributed by atoms with Gasteiger partial charge in [0.25, 0.3) is 5.91 Å². The number of amides is 1. The van der Waals surface area contributed by atoms with Crippen molar-refractivity contribution in [3.63, 3.8) is 0 Å². The maximum atomic E-state index is 12.5. The predicted molar refractivity (Wildman–Crippen MR) is 82.2 cm³/mol. The number of hydrogen-bond donors (Lipinski definition) is 2. The van der Waals surface area contributed by atoms with E-state index in [0.717, 1.165) is 25.8 Å². The van der Waals surface area contributed by atoms with E-state index in [-0.39, 0.29) is 35.0 Å².